The summed E-state index contributed by atoms with van der Waals surface area (Å²) in [5, 5.41) is 0. The molecule has 0 bridgehead atoms. The molecule has 0 amide bonds. The van der Waals surface area contributed by atoms with Gasteiger partial charge in [-0.1, -0.05) is 30.3 Å². The van der Waals surface area contributed by atoms with E-state index < -0.39 is 23.3 Å². The number of fused-ring (bicyclic) bond motifs is 3. The average molecular weight is 318 g/mol. The van der Waals surface area contributed by atoms with E-state index >= 15 is 0 Å². The quantitative estimate of drug-likeness (QED) is 0.736. The largest absolute Gasteiger partial charge is 0.473 e. The minimum Gasteiger partial charge on any atom is -0.440 e. The number of Topliss-reactive ketones (excluding diaryl/α,β-unsaturated/α-hetero) is 1. The van der Waals surface area contributed by atoms with Crippen LogP contribution in [0.1, 0.15) is 15.9 Å². The van der Waals surface area contributed by atoms with Crippen molar-refractivity contribution in [3.63, 3.8) is 0 Å². The third-order valence-electron chi connectivity index (χ3n) is 3.83. The second-order valence-corrected chi connectivity index (χ2v) is 5.24. The maximum absolute atomic E-state index is 13.8. The Morgan fingerprint density at radius 1 is 0.870 bits per heavy atom. The van der Waals surface area contributed by atoms with Gasteiger partial charge in [-0.05, 0) is 24.3 Å². The molecule has 0 saturated carbocycles. The molecule has 2 aromatic carbocycles. The monoisotopic (exact) mass is 318 g/mol. The van der Waals surface area contributed by atoms with E-state index in [1.54, 1.807) is 24.3 Å². The number of halogens is 3. The third kappa shape index (κ3) is 1.81. The molecular weight excluding hydrogens is 309 g/mol. The van der Waals surface area contributed by atoms with E-state index in [2.05, 4.69) is 0 Å². The van der Waals surface area contributed by atoms with Crippen LogP contribution < -0.4 is 9.47 Å². The highest BCUT2D eigenvalue weighted by molar-refractivity contribution is 6.15. The average Bonchev–Trinajstić information content (AvgIpc) is 2.52. The molecule has 116 valence electrons. The van der Waals surface area contributed by atoms with E-state index in [-0.39, 0.29) is 17.1 Å². The van der Waals surface area contributed by atoms with E-state index in [4.69, 9.17) is 9.47 Å². The van der Waals surface area contributed by atoms with Crippen LogP contribution in [0.2, 0.25) is 0 Å². The molecule has 0 radical (unpaired) electrons. The van der Waals surface area contributed by atoms with Gasteiger partial charge >= 0.3 is 12.0 Å². The lowest BCUT2D eigenvalue weighted by Crippen LogP contribution is -2.60. The fraction of sp³-hybridized carbons (Fsp3) is 0.118. The highest BCUT2D eigenvalue weighted by Crippen LogP contribution is 2.50. The summed E-state index contributed by atoms with van der Waals surface area (Å²) < 4.78 is 51.7. The van der Waals surface area contributed by atoms with Gasteiger partial charge in [-0.3, -0.25) is 4.79 Å². The standard InChI is InChI=1S/C17H9F3O3/c18-17(19,20)16-12(9-10-5-1-3-7-13(10)22-16)15(21)11-6-2-4-8-14(11)23-16/h1-9H. The van der Waals surface area contributed by atoms with Crippen LogP contribution in [0.25, 0.3) is 6.08 Å². The molecule has 6 heteroatoms. The molecule has 2 aliphatic heterocycles. The normalized spacial score (nSPS) is 22.0. The summed E-state index contributed by atoms with van der Waals surface area (Å²) in [5.74, 6) is -4.00. The Morgan fingerprint density at radius 2 is 1.48 bits per heavy atom. The number of para-hydroxylation sites is 2. The molecule has 2 aromatic rings. The Kier molecular flexibility index (Phi) is 2.64. The number of carbonyl (C=O) groups is 1. The predicted octanol–water partition coefficient (Wildman–Crippen LogP) is 4.00. The number of hydrogen-bond donors (Lipinski definition) is 0. The summed E-state index contributed by atoms with van der Waals surface area (Å²) in [6.45, 7) is 0. The van der Waals surface area contributed by atoms with Gasteiger partial charge < -0.3 is 9.47 Å². The number of benzene rings is 2. The van der Waals surface area contributed by atoms with Crippen molar-refractivity contribution in [3.8, 4) is 11.5 Å². The number of alkyl halides is 3. The van der Waals surface area contributed by atoms with Gasteiger partial charge in [0.05, 0.1) is 11.1 Å². The molecule has 23 heavy (non-hydrogen) atoms. The van der Waals surface area contributed by atoms with Crippen molar-refractivity contribution in [2.24, 2.45) is 0 Å². The van der Waals surface area contributed by atoms with E-state index in [1.165, 1.54) is 30.3 Å². The third-order valence-corrected chi connectivity index (χ3v) is 3.83. The number of ketones is 1. The lowest BCUT2D eigenvalue weighted by atomic mass is 9.88. The molecule has 1 unspecified atom stereocenters. The number of hydrogen-bond acceptors (Lipinski definition) is 3. The SMILES string of the molecule is O=C1C2=Cc3ccccc3OC2(C(F)(F)F)Oc2ccccc21. The lowest BCUT2D eigenvalue weighted by molar-refractivity contribution is -0.303. The Bertz CT molecular complexity index is 854. The molecule has 0 spiro atoms. The molecule has 0 N–H and O–H groups in total. The van der Waals surface area contributed by atoms with Crippen molar-refractivity contribution in [2.45, 2.75) is 12.0 Å². The molecule has 0 saturated heterocycles. The zero-order valence-electron chi connectivity index (χ0n) is 11.6. The molecule has 3 nitrogen and oxygen atoms in total. The van der Waals surface area contributed by atoms with Crippen molar-refractivity contribution in [1.82, 2.24) is 0 Å². The number of ether oxygens (including phenoxy) is 2. The molecule has 4 rings (SSSR count). The second-order valence-electron chi connectivity index (χ2n) is 5.24. The Hall–Kier alpha value is -2.76. The van der Waals surface area contributed by atoms with Gasteiger partial charge in [0.15, 0.2) is 0 Å². The van der Waals surface area contributed by atoms with Gasteiger partial charge in [0.1, 0.15) is 11.5 Å². The minimum atomic E-state index is -4.92. The summed E-state index contributed by atoms with van der Waals surface area (Å²) >= 11 is 0. The van der Waals surface area contributed by atoms with Gasteiger partial charge in [0, 0.05) is 5.56 Å². The number of carbonyl (C=O) groups excluding carboxylic acids is 1. The molecule has 0 aliphatic carbocycles. The summed E-state index contributed by atoms with van der Waals surface area (Å²) in [5.41, 5.74) is -0.0808. The van der Waals surface area contributed by atoms with Crippen molar-refractivity contribution in [2.75, 3.05) is 0 Å². The topological polar surface area (TPSA) is 35.5 Å². The van der Waals surface area contributed by atoms with Crippen LogP contribution in [0.3, 0.4) is 0 Å². The summed E-state index contributed by atoms with van der Waals surface area (Å²) in [6, 6.07) is 12.0. The van der Waals surface area contributed by atoms with Crippen LogP contribution in [0.5, 0.6) is 11.5 Å². The fourth-order valence-corrected chi connectivity index (χ4v) is 2.76. The zero-order chi connectivity index (χ0) is 16.2. The van der Waals surface area contributed by atoms with Gasteiger partial charge in [-0.25, -0.2) is 0 Å². The Labute approximate surface area is 128 Å². The van der Waals surface area contributed by atoms with Crippen LogP contribution >= 0.6 is 0 Å². The maximum atomic E-state index is 13.8. The summed E-state index contributed by atoms with van der Waals surface area (Å²) in [6.07, 6.45) is -3.74. The first kappa shape index (κ1) is 13.9. The van der Waals surface area contributed by atoms with Gasteiger partial charge in [0.25, 0.3) is 0 Å². The first-order chi connectivity index (χ1) is 10.9. The maximum Gasteiger partial charge on any atom is 0.473 e. The van der Waals surface area contributed by atoms with Crippen LogP contribution in [-0.4, -0.2) is 17.7 Å². The molecule has 2 heterocycles. The van der Waals surface area contributed by atoms with Gasteiger partial charge in [0.2, 0.25) is 5.78 Å². The number of rotatable bonds is 0. The zero-order valence-corrected chi connectivity index (χ0v) is 11.6. The summed E-state index contributed by atoms with van der Waals surface area (Å²) in [4.78, 5) is 12.6. The molecule has 0 aromatic heterocycles. The van der Waals surface area contributed by atoms with E-state index in [1.807, 2.05) is 0 Å². The summed E-state index contributed by atoms with van der Waals surface area (Å²) in [7, 11) is 0. The lowest BCUT2D eigenvalue weighted by Gasteiger charge is -2.42. The predicted molar refractivity (Wildman–Crippen MR) is 75.2 cm³/mol. The van der Waals surface area contributed by atoms with E-state index in [0.717, 1.165) is 0 Å². The molecule has 2 aliphatic rings. The Balaban J connectivity index is 2.01. The van der Waals surface area contributed by atoms with Crippen LogP contribution in [0.15, 0.2) is 54.1 Å². The van der Waals surface area contributed by atoms with Gasteiger partial charge in [-0.15, -0.1) is 0 Å². The van der Waals surface area contributed by atoms with E-state index in [9.17, 15) is 18.0 Å². The van der Waals surface area contributed by atoms with Crippen molar-refractivity contribution in [1.29, 1.82) is 0 Å². The van der Waals surface area contributed by atoms with E-state index in [0.29, 0.717) is 5.56 Å². The van der Waals surface area contributed by atoms with Crippen LogP contribution in [0, 0.1) is 0 Å². The van der Waals surface area contributed by atoms with Crippen LogP contribution in [-0.2, 0) is 0 Å². The highest BCUT2D eigenvalue weighted by atomic mass is 19.4. The van der Waals surface area contributed by atoms with Gasteiger partial charge in [-0.2, -0.15) is 13.2 Å². The first-order valence-electron chi connectivity index (χ1n) is 6.82. The minimum absolute atomic E-state index is 0.0146. The Morgan fingerprint density at radius 3 is 2.22 bits per heavy atom. The van der Waals surface area contributed by atoms with Crippen molar-refractivity contribution >= 4 is 11.9 Å². The van der Waals surface area contributed by atoms with Crippen molar-refractivity contribution in [3.05, 3.63) is 65.2 Å². The molecular formula is C17H9F3O3. The second kappa shape index (κ2) is 4.38. The molecule has 1 atom stereocenters. The fourth-order valence-electron chi connectivity index (χ4n) is 2.76. The smallest absolute Gasteiger partial charge is 0.440 e. The van der Waals surface area contributed by atoms with Crippen LogP contribution in [0.4, 0.5) is 13.2 Å². The molecule has 0 fully saturated rings. The highest BCUT2D eigenvalue weighted by Gasteiger charge is 2.68. The first-order valence-corrected chi connectivity index (χ1v) is 6.82. The van der Waals surface area contributed by atoms with Crippen molar-refractivity contribution < 1.29 is 27.4 Å².